The quantitative estimate of drug-likeness (QED) is 0.846. The molecule has 1 N–H and O–H groups in total. The number of carbonyl (C=O) groups is 1. The van der Waals surface area contributed by atoms with Crippen molar-refractivity contribution >= 4 is 5.97 Å². The fourth-order valence-corrected chi connectivity index (χ4v) is 1.59. The zero-order valence-corrected chi connectivity index (χ0v) is 9.69. The molecule has 1 aromatic carbocycles. The predicted octanol–water partition coefficient (Wildman–Crippen LogP) is 2.56. The van der Waals surface area contributed by atoms with E-state index in [4.69, 9.17) is 5.26 Å². The van der Waals surface area contributed by atoms with Crippen LogP contribution < -0.4 is 0 Å². The van der Waals surface area contributed by atoms with Gasteiger partial charge in [-0.05, 0) is 30.5 Å². The fraction of sp³-hybridized carbons (Fsp3) is 0.385. The zero-order valence-electron chi connectivity index (χ0n) is 9.69. The molecule has 84 valence electrons. The van der Waals surface area contributed by atoms with Crippen LogP contribution in [0.4, 0.5) is 0 Å². The predicted molar refractivity (Wildman–Crippen MR) is 61.0 cm³/mol. The van der Waals surface area contributed by atoms with Gasteiger partial charge in [-0.25, -0.2) is 0 Å². The summed E-state index contributed by atoms with van der Waals surface area (Å²) in [4.78, 5) is 11.4. The van der Waals surface area contributed by atoms with Gasteiger partial charge in [0.25, 0.3) is 0 Å². The van der Waals surface area contributed by atoms with Crippen LogP contribution in [0.1, 0.15) is 31.9 Å². The molecule has 1 rings (SSSR count). The Kier molecular flexibility index (Phi) is 3.34. The molecule has 16 heavy (non-hydrogen) atoms. The van der Waals surface area contributed by atoms with Crippen LogP contribution in [-0.2, 0) is 10.2 Å². The van der Waals surface area contributed by atoms with Crippen LogP contribution in [0.15, 0.2) is 24.3 Å². The van der Waals surface area contributed by atoms with Crippen molar-refractivity contribution in [3.8, 4) is 6.07 Å². The smallest absolute Gasteiger partial charge is 0.314 e. The van der Waals surface area contributed by atoms with E-state index in [-0.39, 0.29) is 5.92 Å². The van der Waals surface area contributed by atoms with E-state index in [9.17, 15) is 9.90 Å². The monoisotopic (exact) mass is 217 g/mol. The molecule has 1 atom stereocenters. The van der Waals surface area contributed by atoms with Crippen LogP contribution in [-0.4, -0.2) is 11.1 Å². The minimum atomic E-state index is -0.909. The van der Waals surface area contributed by atoms with Crippen molar-refractivity contribution in [3.05, 3.63) is 35.4 Å². The number of hydrogen-bond donors (Lipinski definition) is 1. The van der Waals surface area contributed by atoms with Gasteiger partial charge in [0, 0.05) is 0 Å². The average Bonchev–Trinajstić information content (AvgIpc) is 2.27. The molecule has 0 fully saturated rings. The number of hydrogen-bond acceptors (Lipinski definition) is 2. The second kappa shape index (κ2) is 4.36. The van der Waals surface area contributed by atoms with Gasteiger partial charge in [-0.2, -0.15) is 5.26 Å². The van der Waals surface area contributed by atoms with E-state index >= 15 is 0 Å². The van der Waals surface area contributed by atoms with Crippen LogP contribution in [0.2, 0.25) is 0 Å². The minimum absolute atomic E-state index is 0.0158. The van der Waals surface area contributed by atoms with E-state index < -0.39 is 11.4 Å². The van der Waals surface area contributed by atoms with Crippen molar-refractivity contribution in [2.24, 2.45) is 5.92 Å². The number of aliphatic carboxylic acids is 1. The van der Waals surface area contributed by atoms with Gasteiger partial charge >= 0.3 is 5.97 Å². The second-order valence-electron chi connectivity index (χ2n) is 4.35. The third-order valence-corrected chi connectivity index (χ3v) is 3.21. The maximum Gasteiger partial charge on any atom is 0.314 e. The first-order chi connectivity index (χ1) is 7.42. The van der Waals surface area contributed by atoms with Crippen molar-refractivity contribution < 1.29 is 9.90 Å². The minimum Gasteiger partial charge on any atom is -0.481 e. The second-order valence-corrected chi connectivity index (χ2v) is 4.35. The summed E-state index contributed by atoms with van der Waals surface area (Å²) in [6.07, 6.45) is 0. The Balaban J connectivity index is 3.23. The third-order valence-electron chi connectivity index (χ3n) is 3.21. The molecule has 3 nitrogen and oxygen atoms in total. The highest BCUT2D eigenvalue weighted by molar-refractivity contribution is 5.81. The number of nitriles is 1. The molecule has 0 aliphatic carbocycles. The van der Waals surface area contributed by atoms with Crippen LogP contribution in [0.5, 0.6) is 0 Å². The molecular weight excluding hydrogens is 202 g/mol. The molecule has 0 amide bonds. The first kappa shape index (κ1) is 12.3. The number of carboxylic acid groups (broad SMARTS) is 1. The largest absolute Gasteiger partial charge is 0.481 e. The van der Waals surface area contributed by atoms with E-state index in [1.165, 1.54) is 0 Å². The summed E-state index contributed by atoms with van der Waals surface area (Å²) in [5.41, 5.74) is 0.364. The summed E-state index contributed by atoms with van der Waals surface area (Å²) in [5, 5.41) is 18.0. The van der Waals surface area contributed by atoms with E-state index in [0.29, 0.717) is 5.56 Å². The standard InChI is InChI=1S/C13H15NO2/c1-9(2)13(3,12(15)16)11-6-4-10(8-14)5-7-11/h4-7,9H,1-3H3,(H,15,16). The Morgan fingerprint density at radius 1 is 1.38 bits per heavy atom. The van der Waals surface area contributed by atoms with Gasteiger partial charge in [0.05, 0.1) is 17.0 Å². The molecule has 0 aliphatic heterocycles. The third kappa shape index (κ3) is 1.92. The van der Waals surface area contributed by atoms with Crippen molar-refractivity contribution in [1.82, 2.24) is 0 Å². The lowest BCUT2D eigenvalue weighted by atomic mass is 9.73. The van der Waals surface area contributed by atoms with E-state index in [2.05, 4.69) is 0 Å². The summed E-state index contributed by atoms with van der Waals surface area (Å²) >= 11 is 0. The molecule has 0 saturated heterocycles. The molecule has 0 bridgehead atoms. The van der Waals surface area contributed by atoms with Crippen molar-refractivity contribution in [3.63, 3.8) is 0 Å². The maximum atomic E-state index is 11.4. The number of carboxylic acids is 1. The normalized spacial score (nSPS) is 14.2. The highest BCUT2D eigenvalue weighted by atomic mass is 16.4. The Morgan fingerprint density at radius 3 is 2.19 bits per heavy atom. The summed E-state index contributed by atoms with van der Waals surface area (Å²) in [7, 11) is 0. The van der Waals surface area contributed by atoms with Crippen LogP contribution in [0.25, 0.3) is 0 Å². The first-order valence-electron chi connectivity index (χ1n) is 5.17. The molecule has 0 spiro atoms. The van der Waals surface area contributed by atoms with Gasteiger partial charge in [0.15, 0.2) is 0 Å². The lowest BCUT2D eigenvalue weighted by Gasteiger charge is -2.29. The van der Waals surface area contributed by atoms with Gasteiger partial charge in [-0.15, -0.1) is 0 Å². The van der Waals surface area contributed by atoms with Crippen LogP contribution in [0.3, 0.4) is 0 Å². The Labute approximate surface area is 95.3 Å². The molecule has 3 heteroatoms. The zero-order chi connectivity index (χ0) is 12.3. The van der Waals surface area contributed by atoms with Crippen molar-refractivity contribution in [2.75, 3.05) is 0 Å². The Bertz CT molecular complexity index is 428. The van der Waals surface area contributed by atoms with Crippen molar-refractivity contribution in [2.45, 2.75) is 26.2 Å². The molecule has 0 aliphatic rings. The van der Waals surface area contributed by atoms with Gasteiger partial charge < -0.3 is 5.11 Å². The Morgan fingerprint density at radius 2 is 1.88 bits per heavy atom. The molecule has 0 radical (unpaired) electrons. The molecule has 0 saturated carbocycles. The SMILES string of the molecule is CC(C)C(C)(C(=O)O)c1ccc(C#N)cc1. The molecule has 0 heterocycles. The highest BCUT2D eigenvalue weighted by Crippen LogP contribution is 2.32. The molecular formula is C13H15NO2. The fourth-order valence-electron chi connectivity index (χ4n) is 1.59. The molecule has 1 aromatic rings. The highest BCUT2D eigenvalue weighted by Gasteiger charge is 2.38. The number of rotatable bonds is 3. The van der Waals surface area contributed by atoms with E-state index in [1.807, 2.05) is 19.9 Å². The van der Waals surface area contributed by atoms with Gasteiger partial charge in [-0.3, -0.25) is 4.79 Å². The lowest BCUT2D eigenvalue weighted by Crippen LogP contribution is -2.37. The molecule has 1 unspecified atom stereocenters. The summed E-state index contributed by atoms with van der Waals surface area (Å²) in [5.74, 6) is -0.856. The number of benzene rings is 1. The van der Waals surface area contributed by atoms with Gasteiger partial charge in [-0.1, -0.05) is 26.0 Å². The Hall–Kier alpha value is -1.82. The first-order valence-corrected chi connectivity index (χ1v) is 5.17. The van der Waals surface area contributed by atoms with Gasteiger partial charge in [0.2, 0.25) is 0 Å². The summed E-state index contributed by atoms with van der Waals surface area (Å²) in [6.45, 7) is 5.47. The van der Waals surface area contributed by atoms with E-state index in [1.54, 1.807) is 31.2 Å². The van der Waals surface area contributed by atoms with E-state index in [0.717, 1.165) is 5.56 Å². The van der Waals surface area contributed by atoms with Crippen molar-refractivity contribution in [1.29, 1.82) is 5.26 Å². The summed E-state index contributed by atoms with van der Waals surface area (Å²) in [6, 6.07) is 8.75. The number of nitrogens with zero attached hydrogens (tertiary/aromatic N) is 1. The van der Waals surface area contributed by atoms with Crippen LogP contribution in [0, 0.1) is 17.2 Å². The summed E-state index contributed by atoms with van der Waals surface area (Å²) < 4.78 is 0. The van der Waals surface area contributed by atoms with Gasteiger partial charge in [0.1, 0.15) is 0 Å². The average molecular weight is 217 g/mol. The lowest BCUT2D eigenvalue weighted by molar-refractivity contribution is -0.145. The topological polar surface area (TPSA) is 61.1 Å². The molecule has 0 aromatic heterocycles. The maximum absolute atomic E-state index is 11.4. The van der Waals surface area contributed by atoms with Crippen LogP contribution >= 0.6 is 0 Å².